The first-order chi connectivity index (χ1) is 13.7. The van der Waals surface area contributed by atoms with Crippen LogP contribution in [-0.2, 0) is 4.74 Å². The number of nitrogens with one attached hydrogen (secondary N) is 1. The lowest BCUT2D eigenvalue weighted by atomic mass is 9.98. The van der Waals surface area contributed by atoms with E-state index in [0.717, 1.165) is 5.56 Å². The number of alkyl carbamates (subject to hydrolysis) is 1. The lowest BCUT2D eigenvalue weighted by Gasteiger charge is -2.14. The zero-order chi connectivity index (χ0) is 19.3. The zero-order valence-electron chi connectivity index (χ0n) is 15.9. The van der Waals surface area contributed by atoms with Crippen molar-refractivity contribution >= 4 is 12.2 Å². The Morgan fingerprint density at radius 1 is 0.929 bits per heavy atom. The maximum Gasteiger partial charge on any atom is 0.407 e. The second-order valence-electron chi connectivity index (χ2n) is 6.97. The number of aryl methyl sites for hydroxylation is 1. The summed E-state index contributed by atoms with van der Waals surface area (Å²) in [7, 11) is 0. The van der Waals surface area contributed by atoms with Gasteiger partial charge in [-0.05, 0) is 40.3 Å². The number of carbonyl (C=O) groups is 1. The van der Waals surface area contributed by atoms with E-state index < -0.39 is 6.09 Å². The van der Waals surface area contributed by atoms with Gasteiger partial charge in [-0.15, -0.1) is 0 Å². The lowest BCUT2D eigenvalue weighted by molar-refractivity contribution is 0.144. The summed E-state index contributed by atoms with van der Waals surface area (Å²) in [4.78, 5) is 12.1. The summed E-state index contributed by atoms with van der Waals surface area (Å²) in [6, 6.07) is 24.8. The van der Waals surface area contributed by atoms with Crippen molar-refractivity contribution in [1.82, 2.24) is 5.32 Å². The number of carbonyl (C=O) groups excluding carboxylic acids is 1. The van der Waals surface area contributed by atoms with Crippen LogP contribution in [0.3, 0.4) is 0 Å². The molecular formula is C25H23NO2. The molecule has 0 fully saturated rings. The minimum Gasteiger partial charge on any atom is -0.449 e. The number of fused-ring (bicyclic) bond motifs is 3. The molecule has 0 heterocycles. The molecule has 0 aliphatic heterocycles. The molecule has 3 aromatic carbocycles. The summed E-state index contributed by atoms with van der Waals surface area (Å²) in [5.41, 5.74) is 7.25. The summed E-state index contributed by atoms with van der Waals surface area (Å²) in [5, 5.41) is 2.80. The Labute approximate surface area is 165 Å². The number of hydrogen-bond donors (Lipinski definition) is 1. The number of ether oxygens (including phenoxy) is 1. The van der Waals surface area contributed by atoms with Crippen molar-refractivity contribution in [2.45, 2.75) is 12.8 Å². The standard InChI is InChI=1S/C25H23NO2/c1-18-9-2-3-10-19(18)11-8-16-26-25(27)28-17-24-22-14-6-4-12-20(22)21-13-5-7-15-23(21)24/h2-15,24H,16-17H2,1H3,(H,26,27). The fourth-order valence-corrected chi connectivity index (χ4v) is 3.75. The van der Waals surface area contributed by atoms with E-state index in [9.17, 15) is 4.79 Å². The second-order valence-corrected chi connectivity index (χ2v) is 6.97. The summed E-state index contributed by atoms with van der Waals surface area (Å²) in [6.45, 7) is 2.84. The molecule has 0 saturated carbocycles. The van der Waals surface area contributed by atoms with E-state index in [-0.39, 0.29) is 5.92 Å². The smallest absolute Gasteiger partial charge is 0.407 e. The summed E-state index contributed by atoms with van der Waals surface area (Å²) >= 11 is 0. The van der Waals surface area contributed by atoms with Crippen LogP contribution in [0.15, 0.2) is 78.9 Å². The van der Waals surface area contributed by atoms with Gasteiger partial charge in [0.25, 0.3) is 0 Å². The van der Waals surface area contributed by atoms with Gasteiger partial charge in [-0.1, -0.05) is 84.9 Å². The van der Waals surface area contributed by atoms with E-state index in [1.807, 2.05) is 48.6 Å². The molecule has 0 unspecified atom stereocenters. The molecule has 0 saturated heterocycles. The molecule has 1 N–H and O–H groups in total. The van der Waals surface area contributed by atoms with Crippen LogP contribution in [0.4, 0.5) is 4.79 Å². The second kappa shape index (κ2) is 8.13. The molecule has 0 atom stereocenters. The largest absolute Gasteiger partial charge is 0.449 e. The Morgan fingerprint density at radius 3 is 2.21 bits per heavy atom. The van der Waals surface area contributed by atoms with Crippen LogP contribution >= 0.6 is 0 Å². The van der Waals surface area contributed by atoms with Crippen molar-refractivity contribution in [2.24, 2.45) is 0 Å². The molecule has 1 amide bonds. The van der Waals surface area contributed by atoms with Gasteiger partial charge in [-0.2, -0.15) is 0 Å². The Morgan fingerprint density at radius 2 is 1.54 bits per heavy atom. The van der Waals surface area contributed by atoms with Crippen molar-refractivity contribution in [3.63, 3.8) is 0 Å². The number of rotatable bonds is 5. The molecule has 3 heteroatoms. The van der Waals surface area contributed by atoms with E-state index in [2.05, 4.69) is 48.6 Å². The first-order valence-corrected chi connectivity index (χ1v) is 9.55. The van der Waals surface area contributed by atoms with E-state index in [1.54, 1.807) is 0 Å². The number of benzene rings is 3. The van der Waals surface area contributed by atoms with Crippen LogP contribution in [0.25, 0.3) is 17.2 Å². The van der Waals surface area contributed by atoms with Gasteiger partial charge in [0.2, 0.25) is 0 Å². The Bertz CT molecular complexity index is 977. The molecule has 1 aliphatic rings. The molecular weight excluding hydrogens is 346 g/mol. The monoisotopic (exact) mass is 369 g/mol. The minimum atomic E-state index is -0.392. The Hall–Kier alpha value is -3.33. The average Bonchev–Trinajstić information content (AvgIpc) is 3.05. The van der Waals surface area contributed by atoms with Crippen LogP contribution in [-0.4, -0.2) is 19.2 Å². The third-order valence-corrected chi connectivity index (χ3v) is 5.19. The number of amides is 1. The van der Waals surface area contributed by atoms with E-state index >= 15 is 0 Å². The Balaban J connectivity index is 1.35. The topological polar surface area (TPSA) is 38.3 Å². The molecule has 0 radical (unpaired) electrons. The SMILES string of the molecule is Cc1ccccc1C=CCNC(=O)OCC1c2ccccc2-c2ccccc21. The minimum absolute atomic E-state index is 0.0839. The highest BCUT2D eigenvalue weighted by atomic mass is 16.5. The molecule has 0 bridgehead atoms. The van der Waals surface area contributed by atoms with E-state index in [4.69, 9.17) is 4.74 Å². The highest BCUT2D eigenvalue weighted by Crippen LogP contribution is 2.44. The first-order valence-electron chi connectivity index (χ1n) is 9.55. The molecule has 0 spiro atoms. The third kappa shape index (κ3) is 3.70. The summed E-state index contributed by atoms with van der Waals surface area (Å²) < 4.78 is 5.53. The molecule has 3 nitrogen and oxygen atoms in total. The van der Waals surface area contributed by atoms with E-state index in [0.29, 0.717) is 13.2 Å². The van der Waals surface area contributed by atoms with Gasteiger partial charge in [0.15, 0.2) is 0 Å². The van der Waals surface area contributed by atoms with Crippen molar-refractivity contribution in [3.8, 4) is 11.1 Å². The molecule has 1 aliphatic carbocycles. The van der Waals surface area contributed by atoms with Gasteiger partial charge >= 0.3 is 6.09 Å². The number of hydrogen-bond acceptors (Lipinski definition) is 2. The van der Waals surface area contributed by atoms with E-state index in [1.165, 1.54) is 27.8 Å². The zero-order valence-corrected chi connectivity index (χ0v) is 15.9. The fraction of sp³-hybridized carbons (Fsp3) is 0.160. The first kappa shape index (κ1) is 18.1. The highest BCUT2D eigenvalue weighted by Gasteiger charge is 2.28. The molecule has 0 aromatic heterocycles. The van der Waals surface area contributed by atoms with Gasteiger partial charge < -0.3 is 10.1 Å². The van der Waals surface area contributed by atoms with Crippen molar-refractivity contribution in [2.75, 3.05) is 13.2 Å². The third-order valence-electron chi connectivity index (χ3n) is 5.19. The van der Waals surface area contributed by atoms with Crippen LogP contribution in [0.1, 0.15) is 28.2 Å². The van der Waals surface area contributed by atoms with Gasteiger partial charge in [0.05, 0.1) is 0 Å². The quantitative estimate of drug-likeness (QED) is 0.640. The van der Waals surface area contributed by atoms with Crippen molar-refractivity contribution < 1.29 is 9.53 Å². The van der Waals surface area contributed by atoms with Gasteiger partial charge in [0.1, 0.15) is 6.61 Å². The van der Waals surface area contributed by atoms with Gasteiger partial charge in [-0.3, -0.25) is 0 Å². The van der Waals surface area contributed by atoms with Crippen LogP contribution in [0.5, 0.6) is 0 Å². The molecule has 28 heavy (non-hydrogen) atoms. The Kier molecular flexibility index (Phi) is 5.24. The summed E-state index contributed by atoms with van der Waals surface area (Å²) in [5.74, 6) is 0.0839. The van der Waals surface area contributed by atoms with Gasteiger partial charge in [0, 0.05) is 12.5 Å². The molecule has 4 rings (SSSR count). The highest BCUT2D eigenvalue weighted by molar-refractivity contribution is 5.79. The van der Waals surface area contributed by atoms with Crippen LogP contribution in [0.2, 0.25) is 0 Å². The fourth-order valence-electron chi connectivity index (χ4n) is 3.75. The molecule has 140 valence electrons. The average molecular weight is 369 g/mol. The summed E-state index contributed by atoms with van der Waals surface area (Å²) in [6.07, 6.45) is 3.55. The lowest BCUT2D eigenvalue weighted by Crippen LogP contribution is -2.26. The normalized spacial score (nSPS) is 12.6. The van der Waals surface area contributed by atoms with Crippen LogP contribution < -0.4 is 5.32 Å². The van der Waals surface area contributed by atoms with Crippen LogP contribution in [0, 0.1) is 6.92 Å². The van der Waals surface area contributed by atoms with Crippen molar-refractivity contribution in [3.05, 3.63) is 101 Å². The van der Waals surface area contributed by atoms with Crippen molar-refractivity contribution in [1.29, 1.82) is 0 Å². The predicted molar refractivity (Wildman–Crippen MR) is 113 cm³/mol. The predicted octanol–water partition coefficient (Wildman–Crippen LogP) is 5.55. The van der Waals surface area contributed by atoms with Gasteiger partial charge in [-0.25, -0.2) is 4.79 Å². The maximum absolute atomic E-state index is 12.1. The maximum atomic E-state index is 12.1. The molecule has 3 aromatic rings.